The average Bonchev–Trinajstić information content (AvgIpc) is 2.51. The molecule has 0 aliphatic carbocycles. The first kappa shape index (κ1) is 17.4. The average molecular weight is 323 g/mol. The molecule has 2 N–H and O–H groups in total. The second kappa shape index (κ2) is 8.59. The van der Waals surface area contributed by atoms with Crippen molar-refractivity contribution in [2.75, 3.05) is 33.4 Å². The van der Waals surface area contributed by atoms with E-state index in [0.717, 1.165) is 5.56 Å². The first-order valence-corrected chi connectivity index (χ1v) is 7.62. The predicted octanol–water partition coefficient (Wildman–Crippen LogP) is 0.279. The molecular weight excluding hydrogens is 301 g/mol. The van der Waals surface area contributed by atoms with Gasteiger partial charge in [-0.25, -0.2) is 4.39 Å². The number of halogens is 1. The Kier molecular flexibility index (Phi) is 6.49. The molecule has 7 heteroatoms. The van der Waals surface area contributed by atoms with Crippen LogP contribution in [0.2, 0.25) is 0 Å². The van der Waals surface area contributed by atoms with Gasteiger partial charge in [0.1, 0.15) is 5.82 Å². The fourth-order valence-electron chi connectivity index (χ4n) is 2.58. The molecule has 23 heavy (non-hydrogen) atoms. The number of carbonyl (C=O) groups excluding carboxylic acids is 2. The minimum absolute atomic E-state index is 0.0743. The maximum Gasteiger partial charge on any atom is 0.237 e. The molecule has 1 atom stereocenters. The number of nitrogens with zero attached hydrogens (tertiary/aromatic N) is 1. The summed E-state index contributed by atoms with van der Waals surface area (Å²) in [5.41, 5.74) is 0.782. The SMILES string of the molecule is COCCNC(=O)CC1C(=O)NCCN1Cc1cccc(F)c1. The number of methoxy groups -OCH3 is 1. The van der Waals surface area contributed by atoms with Crippen molar-refractivity contribution in [3.05, 3.63) is 35.6 Å². The molecule has 6 nitrogen and oxygen atoms in total. The lowest BCUT2D eigenvalue weighted by molar-refractivity contribution is -0.134. The Morgan fingerprint density at radius 3 is 3.09 bits per heavy atom. The lowest BCUT2D eigenvalue weighted by Crippen LogP contribution is -2.56. The minimum atomic E-state index is -0.547. The fourth-order valence-corrected chi connectivity index (χ4v) is 2.58. The van der Waals surface area contributed by atoms with Crippen molar-refractivity contribution in [2.45, 2.75) is 19.0 Å². The summed E-state index contributed by atoms with van der Waals surface area (Å²) in [6.07, 6.45) is 0.0743. The summed E-state index contributed by atoms with van der Waals surface area (Å²) < 4.78 is 18.2. The first-order chi connectivity index (χ1) is 11.1. The molecule has 1 heterocycles. The third-order valence-corrected chi connectivity index (χ3v) is 3.72. The van der Waals surface area contributed by atoms with Crippen LogP contribution in [0, 0.1) is 5.82 Å². The highest BCUT2D eigenvalue weighted by Gasteiger charge is 2.31. The van der Waals surface area contributed by atoms with Crippen molar-refractivity contribution in [1.29, 1.82) is 0 Å². The second-order valence-corrected chi connectivity index (χ2v) is 5.45. The van der Waals surface area contributed by atoms with Gasteiger partial charge in [0, 0.05) is 33.3 Å². The molecule has 1 saturated heterocycles. The number of nitrogens with one attached hydrogen (secondary N) is 2. The van der Waals surface area contributed by atoms with Gasteiger partial charge in [-0.05, 0) is 17.7 Å². The molecular formula is C16H22FN3O3. The van der Waals surface area contributed by atoms with Crippen LogP contribution in [-0.4, -0.2) is 56.1 Å². The van der Waals surface area contributed by atoms with Gasteiger partial charge in [0.05, 0.1) is 19.1 Å². The lowest BCUT2D eigenvalue weighted by Gasteiger charge is -2.34. The normalized spacial score (nSPS) is 18.5. The van der Waals surface area contributed by atoms with Crippen molar-refractivity contribution >= 4 is 11.8 Å². The zero-order valence-electron chi connectivity index (χ0n) is 13.2. The minimum Gasteiger partial charge on any atom is -0.383 e. The molecule has 1 aliphatic heterocycles. The number of hydrogen-bond acceptors (Lipinski definition) is 4. The Morgan fingerprint density at radius 2 is 2.35 bits per heavy atom. The smallest absolute Gasteiger partial charge is 0.237 e. The van der Waals surface area contributed by atoms with Crippen LogP contribution >= 0.6 is 0 Å². The van der Waals surface area contributed by atoms with Gasteiger partial charge in [0.15, 0.2) is 0 Å². The van der Waals surface area contributed by atoms with Crippen LogP contribution in [0.3, 0.4) is 0 Å². The largest absolute Gasteiger partial charge is 0.383 e. The van der Waals surface area contributed by atoms with Crippen molar-refractivity contribution in [3.63, 3.8) is 0 Å². The third kappa shape index (κ3) is 5.30. The van der Waals surface area contributed by atoms with Gasteiger partial charge in [-0.2, -0.15) is 0 Å². The van der Waals surface area contributed by atoms with Crippen LogP contribution < -0.4 is 10.6 Å². The molecule has 2 amide bonds. The van der Waals surface area contributed by atoms with Gasteiger partial charge in [0.25, 0.3) is 0 Å². The number of benzene rings is 1. The summed E-state index contributed by atoms with van der Waals surface area (Å²) in [4.78, 5) is 26.0. The second-order valence-electron chi connectivity index (χ2n) is 5.45. The zero-order valence-corrected chi connectivity index (χ0v) is 13.2. The summed E-state index contributed by atoms with van der Waals surface area (Å²) in [5.74, 6) is -0.680. The number of piperazine rings is 1. The highest BCUT2D eigenvalue weighted by atomic mass is 19.1. The van der Waals surface area contributed by atoms with E-state index >= 15 is 0 Å². The van der Waals surface area contributed by atoms with Gasteiger partial charge in [-0.1, -0.05) is 12.1 Å². The van der Waals surface area contributed by atoms with E-state index in [2.05, 4.69) is 10.6 Å². The van der Waals surface area contributed by atoms with Crippen LogP contribution in [0.4, 0.5) is 4.39 Å². The highest BCUT2D eigenvalue weighted by Crippen LogP contribution is 2.14. The van der Waals surface area contributed by atoms with Crippen LogP contribution in [0.15, 0.2) is 24.3 Å². The van der Waals surface area contributed by atoms with Crippen LogP contribution in [0.1, 0.15) is 12.0 Å². The number of ether oxygens (including phenoxy) is 1. The summed E-state index contributed by atoms with van der Waals surface area (Å²) >= 11 is 0. The summed E-state index contributed by atoms with van der Waals surface area (Å²) in [6, 6.07) is 5.73. The van der Waals surface area contributed by atoms with Gasteiger partial charge >= 0.3 is 0 Å². The molecule has 1 aliphatic rings. The van der Waals surface area contributed by atoms with E-state index in [1.165, 1.54) is 12.1 Å². The van der Waals surface area contributed by atoms with E-state index in [1.807, 2.05) is 11.0 Å². The molecule has 1 aromatic carbocycles. The summed E-state index contributed by atoms with van der Waals surface area (Å²) in [6.45, 7) is 2.42. The van der Waals surface area contributed by atoms with E-state index in [9.17, 15) is 14.0 Å². The quantitative estimate of drug-likeness (QED) is 0.707. The molecule has 0 radical (unpaired) electrons. The molecule has 126 valence electrons. The van der Waals surface area contributed by atoms with Crippen molar-refractivity contribution < 1.29 is 18.7 Å². The fraction of sp³-hybridized carbons (Fsp3) is 0.500. The summed E-state index contributed by atoms with van der Waals surface area (Å²) in [5, 5.41) is 5.49. The van der Waals surface area contributed by atoms with Gasteiger partial charge < -0.3 is 15.4 Å². The molecule has 0 spiro atoms. The highest BCUT2D eigenvalue weighted by molar-refractivity contribution is 5.88. The molecule has 0 bridgehead atoms. The molecule has 1 fully saturated rings. The van der Waals surface area contributed by atoms with E-state index in [1.54, 1.807) is 13.2 Å². The Balaban J connectivity index is 1.98. The molecule has 0 saturated carbocycles. The zero-order chi connectivity index (χ0) is 16.7. The maximum absolute atomic E-state index is 13.3. The first-order valence-electron chi connectivity index (χ1n) is 7.62. The van der Waals surface area contributed by atoms with Crippen molar-refractivity contribution in [2.24, 2.45) is 0 Å². The van der Waals surface area contributed by atoms with Gasteiger partial charge in [-0.15, -0.1) is 0 Å². The lowest BCUT2D eigenvalue weighted by atomic mass is 10.1. The van der Waals surface area contributed by atoms with Crippen molar-refractivity contribution in [1.82, 2.24) is 15.5 Å². The standard InChI is InChI=1S/C16H22FN3O3/c1-23-8-6-18-15(21)10-14-16(22)19-5-7-20(14)11-12-3-2-4-13(17)9-12/h2-4,9,14H,5-8,10-11H2,1H3,(H,18,21)(H,19,22). The summed E-state index contributed by atoms with van der Waals surface area (Å²) in [7, 11) is 1.56. The van der Waals surface area contributed by atoms with Crippen LogP contribution in [0.5, 0.6) is 0 Å². The van der Waals surface area contributed by atoms with Crippen LogP contribution in [0.25, 0.3) is 0 Å². The van der Waals surface area contributed by atoms with Crippen LogP contribution in [-0.2, 0) is 20.9 Å². The Morgan fingerprint density at radius 1 is 1.52 bits per heavy atom. The third-order valence-electron chi connectivity index (χ3n) is 3.72. The Labute approximate surface area is 135 Å². The Hall–Kier alpha value is -1.99. The van der Waals surface area contributed by atoms with E-state index < -0.39 is 6.04 Å². The maximum atomic E-state index is 13.3. The predicted molar refractivity (Wildman–Crippen MR) is 83.1 cm³/mol. The van der Waals surface area contributed by atoms with E-state index in [4.69, 9.17) is 4.74 Å². The van der Waals surface area contributed by atoms with Gasteiger partial charge in [-0.3, -0.25) is 14.5 Å². The Bertz CT molecular complexity index is 553. The number of amides is 2. The number of hydrogen-bond donors (Lipinski definition) is 2. The topological polar surface area (TPSA) is 70.7 Å². The number of carbonyl (C=O) groups is 2. The van der Waals surface area contributed by atoms with Gasteiger partial charge in [0.2, 0.25) is 11.8 Å². The monoisotopic (exact) mass is 323 g/mol. The molecule has 1 unspecified atom stereocenters. The molecule has 1 aromatic rings. The van der Waals surface area contributed by atoms with E-state index in [-0.39, 0.29) is 24.1 Å². The van der Waals surface area contributed by atoms with E-state index in [0.29, 0.717) is 32.8 Å². The van der Waals surface area contributed by atoms with Crippen molar-refractivity contribution in [3.8, 4) is 0 Å². The molecule has 2 rings (SSSR count). The molecule has 0 aromatic heterocycles. The number of rotatable bonds is 7.